The van der Waals surface area contributed by atoms with Crippen molar-refractivity contribution in [1.82, 2.24) is 0 Å². The van der Waals surface area contributed by atoms with Crippen molar-refractivity contribution in [2.24, 2.45) is 5.92 Å². The Balaban J connectivity index is 2.28. The maximum atomic E-state index is 11.7. The van der Waals surface area contributed by atoms with E-state index in [-0.39, 0.29) is 13.0 Å². The van der Waals surface area contributed by atoms with E-state index in [4.69, 9.17) is 14.2 Å². The molecule has 0 saturated heterocycles. The van der Waals surface area contributed by atoms with Gasteiger partial charge in [-0.15, -0.1) is 0 Å². The molecule has 0 spiro atoms. The predicted octanol–water partition coefficient (Wildman–Crippen LogP) is 1.44. The van der Waals surface area contributed by atoms with Gasteiger partial charge in [-0.25, -0.2) is 0 Å². The van der Waals surface area contributed by atoms with E-state index >= 15 is 0 Å². The first kappa shape index (κ1) is 15.2. The molecule has 1 atom stereocenters. The Hall–Kier alpha value is -2.24. The number of carbonyl (C=O) groups is 2. The Labute approximate surface area is 122 Å². The molecule has 0 aromatic heterocycles. The molecule has 2 rings (SSSR count). The summed E-state index contributed by atoms with van der Waals surface area (Å²) in [6, 6.07) is 3.58. The van der Waals surface area contributed by atoms with E-state index in [0.717, 1.165) is 17.7 Å². The first-order valence-electron chi connectivity index (χ1n) is 6.78. The van der Waals surface area contributed by atoms with Gasteiger partial charge in [0.1, 0.15) is 11.5 Å². The quantitative estimate of drug-likeness (QED) is 0.631. The monoisotopic (exact) mass is 294 g/mol. The van der Waals surface area contributed by atoms with Gasteiger partial charge in [0.05, 0.1) is 20.3 Å². The van der Waals surface area contributed by atoms with Crippen molar-refractivity contribution in [2.45, 2.75) is 19.8 Å². The molecule has 0 amide bonds. The number of esters is 1. The Bertz CT molecular complexity index is 551. The van der Waals surface area contributed by atoms with E-state index < -0.39 is 17.9 Å². The zero-order valence-corrected chi connectivity index (χ0v) is 12.0. The lowest BCUT2D eigenvalue weighted by atomic mass is 9.97. The van der Waals surface area contributed by atoms with Crippen LogP contribution in [0.3, 0.4) is 0 Å². The molecule has 1 aromatic rings. The summed E-state index contributed by atoms with van der Waals surface area (Å²) >= 11 is 0. The Morgan fingerprint density at radius 3 is 2.81 bits per heavy atom. The molecule has 0 aliphatic carbocycles. The van der Waals surface area contributed by atoms with Crippen LogP contribution in [0.5, 0.6) is 11.5 Å². The summed E-state index contributed by atoms with van der Waals surface area (Å²) in [5, 5.41) is 9.22. The van der Waals surface area contributed by atoms with Gasteiger partial charge in [0.25, 0.3) is 0 Å². The second kappa shape index (κ2) is 6.47. The molecular formula is C15H18O6. The fraction of sp³-hybridized carbons (Fsp3) is 0.467. The molecule has 1 aliphatic rings. The zero-order chi connectivity index (χ0) is 15.4. The van der Waals surface area contributed by atoms with Crippen molar-refractivity contribution in [1.29, 1.82) is 0 Å². The van der Waals surface area contributed by atoms with Crippen LogP contribution in [0.1, 0.15) is 18.1 Å². The largest absolute Gasteiger partial charge is 0.496 e. The number of carboxylic acids is 1. The third-order valence-electron chi connectivity index (χ3n) is 3.39. The number of benzene rings is 1. The Morgan fingerprint density at radius 2 is 2.19 bits per heavy atom. The molecule has 1 unspecified atom stereocenters. The summed E-state index contributed by atoms with van der Waals surface area (Å²) in [6.07, 6.45) is 0.806. The lowest BCUT2D eigenvalue weighted by Crippen LogP contribution is -2.28. The highest BCUT2D eigenvalue weighted by molar-refractivity contribution is 5.94. The van der Waals surface area contributed by atoms with Crippen LogP contribution in [-0.4, -0.2) is 37.4 Å². The van der Waals surface area contributed by atoms with Gasteiger partial charge >= 0.3 is 11.9 Å². The van der Waals surface area contributed by atoms with Gasteiger partial charge in [-0.2, -0.15) is 0 Å². The molecule has 6 nitrogen and oxygen atoms in total. The van der Waals surface area contributed by atoms with Gasteiger partial charge in [0.15, 0.2) is 5.92 Å². The van der Waals surface area contributed by atoms with Crippen molar-refractivity contribution in [3.63, 3.8) is 0 Å². The van der Waals surface area contributed by atoms with Crippen LogP contribution in [0.15, 0.2) is 12.1 Å². The summed E-state index contributed by atoms with van der Waals surface area (Å²) in [5.41, 5.74) is 1.65. The summed E-state index contributed by atoms with van der Waals surface area (Å²) in [6.45, 7) is 2.38. The minimum atomic E-state index is -1.25. The highest BCUT2D eigenvalue weighted by atomic mass is 16.5. The van der Waals surface area contributed by atoms with E-state index in [0.29, 0.717) is 17.9 Å². The van der Waals surface area contributed by atoms with Crippen LogP contribution in [0.4, 0.5) is 0 Å². The minimum Gasteiger partial charge on any atom is -0.496 e. The highest BCUT2D eigenvalue weighted by Crippen LogP contribution is 2.34. The molecule has 0 saturated carbocycles. The molecule has 21 heavy (non-hydrogen) atoms. The fourth-order valence-corrected chi connectivity index (χ4v) is 2.33. The number of aliphatic carboxylic acids is 1. The van der Waals surface area contributed by atoms with Crippen LogP contribution >= 0.6 is 0 Å². The van der Waals surface area contributed by atoms with Gasteiger partial charge < -0.3 is 19.3 Å². The number of methoxy groups -OCH3 is 1. The number of ether oxygens (including phenoxy) is 3. The van der Waals surface area contributed by atoms with Crippen molar-refractivity contribution in [3.05, 3.63) is 23.3 Å². The van der Waals surface area contributed by atoms with Crippen molar-refractivity contribution < 1.29 is 28.9 Å². The number of rotatable bonds is 6. The van der Waals surface area contributed by atoms with E-state index in [1.165, 1.54) is 7.11 Å². The third-order valence-corrected chi connectivity index (χ3v) is 3.39. The SMILES string of the molecule is CCOC(=O)C(Cc1cc2c(cc1OC)CCO2)C(=O)O. The molecular weight excluding hydrogens is 276 g/mol. The van der Waals surface area contributed by atoms with Crippen LogP contribution in [-0.2, 0) is 27.2 Å². The first-order chi connectivity index (χ1) is 10.1. The Kier molecular flexibility index (Phi) is 4.67. The van der Waals surface area contributed by atoms with Crippen molar-refractivity contribution in [3.8, 4) is 11.5 Å². The molecule has 1 aromatic carbocycles. The molecule has 1 heterocycles. The van der Waals surface area contributed by atoms with E-state index in [1.807, 2.05) is 6.07 Å². The summed E-state index contributed by atoms with van der Waals surface area (Å²) in [4.78, 5) is 23.0. The molecule has 0 fully saturated rings. The van der Waals surface area contributed by atoms with Crippen LogP contribution in [0.2, 0.25) is 0 Å². The van der Waals surface area contributed by atoms with E-state index in [2.05, 4.69) is 0 Å². The summed E-state index contributed by atoms with van der Waals surface area (Å²) in [7, 11) is 1.52. The highest BCUT2D eigenvalue weighted by Gasteiger charge is 2.30. The minimum absolute atomic E-state index is 0.00792. The van der Waals surface area contributed by atoms with E-state index in [1.54, 1.807) is 13.0 Å². The van der Waals surface area contributed by atoms with Gasteiger partial charge in [0, 0.05) is 18.4 Å². The van der Waals surface area contributed by atoms with Crippen molar-refractivity contribution >= 4 is 11.9 Å². The van der Waals surface area contributed by atoms with Gasteiger partial charge in [-0.05, 0) is 24.6 Å². The average Bonchev–Trinajstić information content (AvgIpc) is 2.90. The predicted molar refractivity (Wildman–Crippen MR) is 73.7 cm³/mol. The number of carboxylic acid groups (broad SMARTS) is 1. The van der Waals surface area contributed by atoms with Crippen LogP contribution in [0.25, 0.3) is 0 Å². The molecule has 6 heteroatoms. The second-order valence-corrected chi connectivity index (χ2v) is 4.72. The van der Waals surface area contributed by atoms with Crippen LogP contribution in [0, 0.1) is 5.92 Å². The maximum Gasteiger partial charge on any atom is 0.320 e. The van der Waals surface area contributed by atoms with Crippen molar-refractivity contribution in [2.75, 3.05) is 20.3 Å². The topological polar surface area (TPSA) is 82.1 Å². The first-order valence-corrected chi connectivity index (χ1v) is 6.78. The fourth-order valence-electron chi connectivity index (χ4n) is 2.33. The molecule has 1 N–H and O–H groups in total. The zero-order valence-electron chi connectivity index (χ0n) is 12.0. The van der Waals surface area contributed by atoms with Gasteiger partial charge in [0.2, 0.25) is 0 Å². The normalized spacial score (nSPS) is 14.0. The number of carbonyl (C=O) groups excluding carboxylic acids is 1. The average molecular weight is 294 g/mol. The summed E-state index contributed by atoms with van der Waals surface area (Å²) in [5.74, 6) is -1.92. The number of hydrogen-bond acceptors (Lipinski definition) is 5. The smallest absolute Gasteiger partial charge is 0.320 e. The third kappa shape index (κ3) is 3.26. The van der Waals surface area contributed by atoms with E-state index in [9.17, 15) is 14.7 Å². The molecule has 1 aliphatic heterocycles. The maximum absolute atomic E-state index is 11.7. The van der Waals surface area contributed by atoms with Crippen LogP contribution < -0.4 is 9.47 Å². The molecule has 0 radical (unpaired) electrons. The lowest BCUT2D eigenvalue weighted by Gasteiger charge is -2.15. The van der Waals surface area contributed by atoms with Gasteiger partial charge in [-0.1, -0.05) is 0 Å². The summed E-state index contributed by atoms with van der Waals surface area (Å²) < 4.78 is 15.6. The van der Waals surface area contributed by atoms with Gasteiger partial charge in [-0.3, -0.25) is 9.59 Å². The lowest BCUT2D eigenvalue weighted by molar-refractivity contribution is -0.158. The number of hydrogen-bond donors (Lipinski definition) is 1. The second-order valence-electron chi connectivity index (χ2n) is 4.72. The Morgan fingerprint density at radius 1 is 1.43 bits per heavy atom. The number of fused-ring (bicyclic) bond motifs is 1. The molecule has 114 valence electrons. The molecule has 0 bridgehead atoms. The standard InChI is InChI=1S/C15H18O6/c1-3-20-15(18)11(14(16)17)6-10-8-13-9(4-5-21-13)7-12(10)19-2/h7-8,11H,3-6H2,1-2H3,(H,16,17).